The Morgan fingerprint density at radius 1 is 0.750 bits per heavy atom. The van der Waals surface area contributed by atoms with Gasteiger partial charge in [-0.15, -0.1) is 0 Å². The van der Waals surface area contributed by atoms with Crippen LogP contribution < -0.4 is 5.32 Å². The van der Waals surface area contributed by atoms with E-state index in [1.165, 1.54) is 19.3 Å². The molecule has 0 aliphatic rings. The van der Waals surface area contributed by atoms with E-state index < -0.39 is 0 Å². The lowest BCUT2D eigenvalue weighted by molar-refractivity contribution is -0.0259. The molecule has 1 heteroatoms. The van der Waals surface area contributed by atoms with Crippen LogP contribution in [-0.2, 0) is 0 Å². The van der Waals surface area contributed by atoms with Crippen molar-refractivity contribution in [2.45, 2.75) is 80.2 Å². The second kappa shape index (κ2) is 5.53. The van der Waals surface area contributed by atoms with Crippen molar-refractivity contribution >= 4 is 0 Å². The summed E-state index contributed by atoms with van der Waals surface area (Å²) in [7, 11) is 0. The van der Waals surface area contributed by atoms with Crippen LogP contribution in [0.1, 0.15) is 74.7 Å². The minimum absolute atomic E-state index is 0.192. The lowest BCUT2D eigenvalue weighted by atomic mass is 9.53. The minimum Gasteiger partial charge on any atom is -0.312 e. The second-order valence-electron chi connectivity index (χ2n) is 6.11. The maximum absolute atomic E-state index is 3.69. The normalized spacial score (nSPS) is 17.2. The van der Waals surface area contributed by atoms with Crippen LogP contribution in [0, 0.1) is 10.8 Å². The molecule has 0 bridgehead atoms. The minimum atomic E-state index is 0.192. The Balaban J connectivity index is 5.32. The first-order valence-corrected chi connectivity index (χ1v) is 6.99. The third kappa shape index (κ3) is 2.45. The van der Waals surface area contributed by atoms with Crippen molar-refractivity contribution in [3.8, 4) is 0 Å². The van der Waals surface area contributed by atoms with Gasteiger partial charge in [-0.3, -0.25) is 0 Å². The molecule has 0 aromatic rings. The highest BCUT2D eigenvalue weighted by molar-refractivity contribution is 5.03. The van der Waals surface area contributed by atoms with E-state index in [0.29, 0.717) is 10.8 Å². The van der Waals surface area contributed by atoms with Gasteiger partial charge in [-0.05, 0) is 37.6 Å². The van der Waals surface area contributed by atoms with Crippen molar-refractivity contribution in [2.24, 2.45) is 10.8 Å². The monoisotopic (exact) mass is 227 g/mol. The fraction of sp³-hybridized carbons (Fsp3) is 1.00. The van der Waals surface area contributed by atoms with Crippen LogP contribution in [0.25, 0.3) is 0 Å². The highest BCUT2D eigenvalue weighted by Gasteiger charge is 2.50. The van der Waals surface area contributed by atoms with Crippen molar-refractivity contribution in [3.05, 3.63) is 0 Å². The van der Waals surface area contributed by atoms with Gasteiger partial charge in [0, 0.05) is 5.54 Å². The maximum atomic E-state index is 3.69. The van der Waals surface area contributed by atoms with E-state index in [9.17, 15) is 0 Å². The fourth-order valence-corrected chi connectivity index (χ4v) is 3.29. The molecule has 0 rings (SSSR count). The maximum Gasteiger partial charge on any atom is 0.0183 e. The van der Waals surface area contributed by atoms with Gasteiger partial charge >= 0.3 is 0 Å². The molecule has 16 heavy (non-hydrogen) atoms. The summed E-state index contributed by atoms with van der Waals surface area (Å²) >= 11 is 0. The Kier molecular flexibility index (Phi) is 5.52. The van der Waals surface area contributed by atoms with Gasteiger partial charge in [-0.2, -0.15) is 0 Å². The Labute approximate surface area is 103 Å². The summed E-state index contributed by atoms with van der Waals surface area (Å²) in [6.45, 7) is 19.9. The first-order chi connectivity index (χ1) is 7.24. The second-order valence-corrected chi connectivity index (χ2v) is 6.11. The van der Waals surface area contributed by atoms with Gasteiger partial charge in [0.1, 0.15) is 0 Å². The Bertz CT molecular complexity index is 203. The van der Waals surface area contributed by atoms with E-state index in [-0.39, 0.29) is 5.54 Å². The van der Waals surface area contributed by atoms with E-state index >= 15 is 0 Å². The van der Waals surface area contributed by atoms with Crippen LogP contribution in [-0.4, -0.2) is 12.1 Å². The van der Waals surface area contributed by atoms with Gasteiger partial charge in [-0.25, -0.2) is 0 Å². The molecule has 0 spiro atoms. The molecule has 0 radical (unpaired) electrons. The molecule has 1 nitrogen and oxygen atoms in total. The largest absolute Gasteiger partial charge is 0.312 e. The molecule has 0 amide bonds. The predicted molar refractivity (Wildman–Crippen MR) is 74.8 cm³/mol. The van der Waals surface area contributed by atoms with E-state index in [1.54, 1.807) is 0 Å². The van der Waals surface area contributed by atoms with Crippen LogP contribution in [0.2, 0.25) is 0 Å². The number of hydrogen-bond donors (Lipinski definition) is 1. The van der Waals surface area contributed by atoms with Gasteiger partial charge < -0.3 is 5.32 Å². The van der Waals surface area contributed by atoms with E-state index in [2.05, 4.69) is 60.7 Å². The molecule has 98 valence electrons. The third-order valence-electron chi connectivity index (χ3n) is 5.60. The molecule has 0 aliphatic heterocycles. The zero-order valence-electron chi connectivity index (χ0n) is 12.8. The standard InChI is InChI=1S/C15H33N/c1-9-14(7,10-2)15(8,11-3)13(5,6)16-12-4/h16H,9-12H2,1-8H3. The van der Waals surface area contributed by atoms with Gasteiger partial charge in [0.15, 0.2) is 0 Å². The lowest BCUT2D eigenvalue weighted by Crippen LogP contribution is -2.59. The van der Waals surface area contributed by atoms with Crippen molar-refractivity contribution in [2.75, 3.05) is 6.54 Å². The van der Waals surface area contributed by atoms with E-state index in [4.69, 9.17) is 0 Å². The summed E-state index contributed by atoms with van der Waals surface area (Å²) in [6.07, 6.45) is 3.73. The van der Waals surface area contributed by atoms with Crippen molar-refractivity contribution < 1.29 is 0 Å². The third-order valence-corrected chi connectivity index (χ3v) is 5.60. The molecule has 0 aromatic carbocycles. The van der Waals surface area contributed by atoms with Crippen LogP contribution in [0.5, 0.6) is 0 Å². The van der Waals surface area contributed by atoms with Crippen LogP contribution in [0.4, 0.5) is 0 Å². The lowest BCUT2D eigenvalue weighted by Gasteiger charge is -2.55. The smallest absolute Gasteiger partial charge is 0.0183 e. The summed E-state index contributed by atoms with van der Waals surface area (Å²) in [5.41, 5.74) is 0.935. The Hall–Kier alpha value is -0.0400. The molecule has 0 aromatic heterocycles. The highest BCUT2D eigenvalue weighted by Crippen LogP contribution is 2.53. The van der Waals surface area contributed by atoms with Crippen molar-refractivity contribution in [1.82, 2.24) is 5.32 Å². The molecule has 0 heterocycles. The Morgan fingerprint density at radius 3 is 1.44 bits per heavy atom. The zero-order chi connectivity index (χ0) is 13.0. The molecule has 0 aliphatic carbocycles. The molecule has 1 atom stereocenters. The number of nitrogens with one attached hydrogen (secondary N) is 1. The van der Waals surface area contributed by atoms with Crippen LogP contribution in [0.15, 0.2) is 0 Å². The van der Waals surface area contributed by atoms with Gasteiger partial charge in [0.05, 0.1) is 0 Å². The summed E-state index contributed by atoms with van der Waals surface area (Å²) < 4.78 is 0. The van der Waals surface area contributed by atoms with E-state index in [1.807, 2.05) is 0 Å². The molecule has 0 fully saturated rings. The molecule has 1 N–H and O–H groups in total. The van der Waals surface area contributed by atoms with Crippen LogP contribution >= 0.6 is 0 Å². The first kappa shape index (κ1) is 16.0. The van der Waals surface area contributed by atoms with Gasteiger partial charge in [-0.1, -0.05) is 54.4 Å². The molecular formula is C15H33N. The van der Waals surface area contributed by atoms with Gasteiger partial charge in [0.2, 0.25) is 0 Å². The SMILES string of the molecule is CCNC(C)(C)C(C)(CC)C(C)(CC)CC. The highest BCUT2D eigenvalue weighted by atomic mass is 15.0. The predicted octanol–water partition coefficient (Wildman–Crippen LogP) is 4.62. The molecular weight excluding hydrogens is 194 g/mol. The molecule has 0 saturated heterocycles. The summed E-state index contributed by atoms with van der Waals surface area (Å²) in [5, 5.41) is 3.69. The summed E-state index contributed by atoms with van der Waals surface area (Å²) in [5.74, 6) is 0. The quantitative estimate of drug-likeness (QED) is 0.669. The summed E-state index contributed by atoms with van der Waals surface area (Å²) in [6, 6.07) is 0. The topological polar surface area (TPSA) is 12.0 Å². The average molecular weight is 227 g/mol. The Morgan fingerprint density at radius 2 is 1.19 bits per heavy atom. The molecule has 0 saturated carbocycles. The van der Waals surface area contributed by atoms with Crippen molar-refractivity contribution in [3.63, 3.8) is 0 Å². The van der Waals surface area contributed by atoms with Crippen LogP contribution in [0.3, 0.4) is 0 Å². The first-order valence-electron chi connectivity index (χ1n) is 6.99. The average Bonchev–Trinajstić information content (AvgIpc) is 2.26. The molecule has 1 unspecified atom stereocenters. The zero-order valence-corrected chi connectivity index (χ0v) is 12.8. The fourth-order valence-electron chi connectivity index (χ4n) is 3.29. The van der Waals surface area contributed by atoms with Gasteiger partial charge in [0.25, 0.3) is 0 Å². The number of hydrogen-bond acceptors (Lipinski definition) is 1. The van der Waals surface area contributed by atoms with Crippen molar-refractivity contribution in [1.29, 1.82) is 0 Å². The summed E-state index contributed by atoms with van der Waals surface area (Å²) in [4.78, 5) is 0. The van der Waals surface area contributed by atoms with E-state index in [0.717, 1.165) is 6.54 Å². The number of rotatable bonds is 7.